The second kappa shape index (κ2) is 7.01. The van der Waals surface area contributed by atoms with Gasteiger partial charge in [-0.2, -0.15) is 5.10 Å². The monoisotopic (exact) mass is 345 g/mol. The number of nitrogens with one attached hydrogen (secondary N) is 2. The zero-order valence-corrected chi connectivity index (χ0v) is 13.0. The summed E-state index contributed by atoms with van der Waals surface area (Å²) in [4.78, 5) is 23.4. The molecule has 2 amide bonds. The van der Waals surface area contributed by atoms with E-state index < -0.39 is 11.8 Å². The summed E-state index contributed by atoms with van der Waals surface area (Å²) in [5.74, 6) is -0.492. The van der Waals surface area contributed by atoms with E-state index in [0.717, 1.165) is 0 Å². The van der Waals surface area contributed by atoms with E-state index in [1.165, 1.54) is 12.3 Å². The second-order valence-electron chi connectivity index (χ2n) is 4.78. The lowest BCUT2D eigenvalue weighted by molar-refractivity contribution is -0.136. The van der Waals surface area contributed by atoms with Crippen molar-refractivity contribution >= 4 is 35.3 Å². The molecule has 3 rings (SSSR count). The van der Waals surface area contributed by atoms with E-state index in [2.05, 4.69) is 15.8 Å². The van der Waals surface area contributed by atoms with Crippen molar-refractivity contribution in [3.8, 4) is 11.5 Å². The first-order valence-electron chi connectivity index (χ1n) is 6.91. The molecular formula is C16H12ClN3O4. The van der Waals surface area contributed by atoms with Gasteiger partial charge >= 0.3 is 11.8 Å². The minimum Gasteiger partial charge on any atom is -0.454 e. The number of benzene rings is 2. The van der Waals surface area contributed by atoms with E-state index in [9.17, 15) is 9.59 Å². The Morgan fingerprint density at radius 1 is 1.08 bits per heavy atom. The fourth-order valence-corrected chi connectivity index (χ4v) is 2.15. The van der Waals surface area contributed by atoms with Crippen molar-refractivity contribution in [1.82, 2.24) is 5.43 Å². The normalized spacial score (nSPS) is 12.2. The summed E-state index contributed by atoms with van der Waals surface area (Å²) >= 11 is 5.81. The Bertz CT molecular complexity index is 823. The number of amides is 2. The maximum atomic E-state index is 11.7. The van der Waals surface area contributed by atoms with Crippen LogP contribution in [0.2, 0.25) is 5.02 Å². The Morgan fingerprint density at radius 3 is 2.75 bits per heavy atom. The number of hydrogen-bond acceptors (Lipinski definition) is 5. The molecule has 0 spiro atoms. The van der Waals surface area contributed by atoms with Gasteiger partial charge in [-0.3, -0.25) is 9.59 Å². The minimum absolute atomic E-state index is 0.177. The molecule has 0 fully saturated rings. The zero-order chi connectivity index (χ0) is 16.9. The van der Waals surface area contributed by atoms with Crippen molar-refractivity contribution in [2.24, 2.45) is 5.10 Å². The Morgan fingerprint density at radius 2 is 1.92 bits per heavy atom. The van der Waals surface area contributed by atoms with Crippen molar-refractivity contribution in [1.29, 1.82) is 0 Å². The van der Waals surface area contributed by atoms with Gasteiger partial charge in [0.15, 0.2) is 11.5 Å². The molecule has 1 aliphatic rings. The fraction of sp³-hybridized carbons (Fsp3) is 0.0625. The van der Waals surface area contributed by atoms with Gasteiger partial charge in [-0.1, -0.05) is 17.7 Å². The number of hydrazone groups is 1. The van der Waals surface area contributed by atoms with Gasteiger partial charge < -0.3 is 14.8 Å². The van der Waals surface area contributed by atoms with E-state index >= 15 is 0 Å². The number of halogens is 1. The lowest BCUT2D eigenvalue weighted by Crippen LogP contribution is -2.32. The van der Waals surface area contributed by atoms with Gasteiger partial charge in [0.1, 0.15) is 0 Å². The highest BCUT2D eigenvalue weighted by atomic mass is 35.5. The Labute approximate surface area is 142 Å². The smallest absolute Gasteiger partial charge is 0.329 e. The fourth-order valence-electron chi connectivity index (χ4n) is 1.96. The Hall–Kier alpha value is -3.06. The molecule has 0 saturated carbocycles. The summed E-state index contributed by atoms with van der Waals surface area (Å²) < 4.78 is 10.4. The second-order valence-corrected chi connectivity index (χ2v) is 5.21. The van der Waals surface area contributed by atoms with Gasteiger partial charge in [0, 0.05) is 10.7 Å². The molecule has 7 nitrogen and oxygen atoms in total. The van der Waals surface area contributed by atoms with Crippen LogP contribution in [-0.4, -0.2) is 24.8 Å². The third-order valence-corrected chi connectivity index (χ3v) is 3.30. The highest BCUT2D eigenvalue weighted by molar-refractivity contribution is 6.39. The first-order chi connectivity index (χ1) is 11.6. The number of fused-ring (bicyclic) bond motifs is 1. The minimum atomic E-state index is -0.896. The first kappa shape index (κ1) is 15.8. The van der Waals surface area contributed by atoms with Crippen LogP contribution in [0.5, 0.6) is 11.5 Å². The molecule has 0 saturated heterocycles. The number of nitrogens with zero attached hydrogens (tertiary/aromatic N) is 1. The molecule has 122 valence electrons. The largest absolute Gasteiger partial charge is 0.454 e. The van der Waals surface area contributed by atoms with Crippen molar-refractivity contribution in [2.75, 3.05) is 12.1 Å². The summed E-state index contributed by atoms with van der Waals surface area (Å²) in [6.45, 7) is 0.177. The highest BCUT2D eigenvalue weighted by Crippen LogP contribution is 2.31. The Kier molecular flexibility index (Phi) is 4.62. The maximum Gasteiger partial charge on any atom is 0.329 e. The third kappa shape index (κ3) is 3.82. The number of carbonyl (C=O) groups is 2. The predicted molar refractivity (Wildman–Crippen MR) is 88.4 cm³/mol. The van der Waals surface area contributed by atoms with Gasteiger partial charge in [0.05, 0.1) is 6.21 Å². The van der Waals surface area contributed by atoms with Gasteiger partial charge in [-0.15, -0.1) is 0 Å². The van der Waals surface area contributed by atoms with Crippen LogP contribution in [0.25, 0.3) is 0 Å². The number of anilines is 1. The molecular weight excluding hydrogens is 334 g/mol. The molecule has 0 aliphatic carbocycles. The molecule has 0 atom stereocenters. The van der Waals surface area contributed by atoms with E-state index in [4.69, 9.17) is 21.1 Å². The molecule has 24 heavy (non-hydrogen) atoms. The molecule has 2 aromatic rings. The van der Waals surface area contributed by atoms with E-state index in [1.807, 2.05) is 0 Å². The lowest BCUT2D eigenvalue weighted by Gasteiger charge is -2.04. The number of rotatable bonds is 3. The van der Waals surface area contributed by atoms with Crippen LogP contribution < -0.4 is 20.2 Å². The third-order valence-electron chi connectivity index (χ3n) is 3.07. The molecule has 0 aromatic heterocycles. The molecule has 1 heterocycles. The van der Waals surface area contributed by atoms with Crippen molar-refractivity contribution < 1.29 is 19.1 Å². The van der Waals surface area contributed by atoms with Crippen LogP contribution in [0.3, 0.4) is 0 Å². The maximum absolute atomic E-state index is 11.7. The summed E-state index contributed by atoms with van der Waals surface area (Å²) in [7, 11) is 0. The quantitative estimate of drug-likeness (QED) is 0.507. The van der Waals surface area contributed by atoms with E-state index in [1.54, 1.807) is 36.4 Å². The lowest BCUT2D eigenvalue weighted by atomic mass is 10.2. The van der Waals surface area contributed by atoms with Gasteiger partial charge in [-0.25, -0.2) is 5.43 Å². The average molecular weight is 346 g/mol. The number of carbonyl (C=O) groups excluding carboxylic acids is 2. The summed E-state index contributed by atoms with van der Waals surface area (Å²) in [5, 5.41) is 6.61. The molecule has 0 bridgehead atoms. The average Bonchev–Trinajstić information content (AvgIpc) is 3.02. The van der Waals surface area contributed by atoms with E-state index in [0.29, 0.717) is 27.8 Å². The topological polar surface area (TPSA) is 89.0 Å². The molecule has 1 aliphatic heterocycles. The molecule has 0 unspecified atom stereocenters. The summed E-state index contributed by atoms with van der Waals surface area (Å²) in [5.41, 5.74) is 3.26. The highest BCUT2D eigenvalue weighted by Gasteiger charge is 2.14. The van der Waals surface area contributed by atoms with Crippen LogP contribution in [0, 0.1) is 0 Å². The Balaban J connectivity index is 1.55. The van der Waals surface area contributed by atoms with Crippen LogP contribution in [-0.2, 0) is 9.59 Å². The zero-order valence-electron chi connectivity index (χ0n) is 12.3. The summed E-state index contributed by atoms with van der Waals surface area (Å²) in [6.07, 6.45) is 1.40. The van der Waals surface area contributed by atoms with Gasteiger partial charge in [-0.05, 0) is 42.0 Å². The molecule has 0 radical (unpaired) electrons. The molecule has 2 aromatic carbocycles. The van der Waals surface area contributed by atoms with Crippen molar-refractivity contribution in [3.05, 3.63) is 53.1 Å². The van der Waals surface area contributed by atoms with Gasteiger partial charge in [0.2, 0.25) is 6.79 Å². The molecule has 2 N–H and O–H groups in total. The van der Waals surface area contributed by atoms with Crippen molar-refractivity contribution in [3.63, 3.8) is 0 Å². The van der Waals surface area contributed by atoms with Gasteiger partial charge in [0.25, 0.3) is 0 Å². The first-order valence-corrected chi connectivity index (χ1v) is 7.29. The van der Waals surface area contributed by atoms with E-state index in [-0.39, 0.29) is 6.79 Å². The van der Waals surface area contributed by atoms with Crippen molar-refractivity contribution in [2.45, 2.75) is 0 Å². The number of ether oxygens (including phenoxy) is 2. The van der Waals surface area contributed by atoms with Crippen LogP contribution >= 0.6 is 11.6 Å². The molecule has 8 heteroatoms. The van der Waals surface area contributed by atoms with Crippen LogP contribution in [0.15, 0.2) is 47.6 Å². The van der Waals surface area contributed by atoms with Crippen LogP contribution in [0.1, 0.15) is 5.56 Å². The predicted octanol–water partition coefficient (Wildman–Crippen LogP) is 2.16. The number of hydrogen-bond donors (Lipinski definition) is 2. The standard InChI is InChI=1S/C16H12ClN3O4/c17-11-2-1-3-12(7-11)19-15(21)16(22)20-18-8-10-4-5-13-14(6-10)24-9-23-13/h1-8H,9H2,(H,19,21)(H,20,22)/b18-8-. The SMILES string of the molecule is O=C(N/N=C\c1ccc2c(c1)OCO2)C(=O)Nc1cccc(Cl)c1. The van der Waals surface area contributed by atoms with Crippen LogP contribution in [0.4, 0.5) is 5.69 Å². The summed E-state index contributed by atoms with van der Waals surface area (Å²) in [6, 6.07) is 11.7.